The van der Waals surface area contributed by atoms with Crippen LogP contribution in [0.4, 0.5) is 0 Å². The minimum atomic E-state index is -1.14. The Labute approximate surface area is 236 Å². The maximum atomic E-state index is 13.2. The monoisotopic (exact) mass is 555 g/mol. The fourth-order valence-corrected chi connectivity index (χ4v) is 4.55. The zero-order valence-electron chi connectivity index (χ0n) is 22.6. The SMILES string of the molecule is CCn1nc([C@@H]2O[C@H](COC(=O)c3ccccc3)[C@@H](OC(=O)c3ccccc3)[C@H]2OC(=O)c2ccccc2)nc1C. The number of rotatable bonds is 9. The number of carbonyl (C=O) groups excluding carboxylic acids is 3. The summed E-state index contributed by atoms with van der Waals surface area (Å²) in [7, 11) is 0. The van der Waals surface area contributed by atoms with Gasteiger partial charge in [0.05, 0.1) is 16.7 Å². The molecule has 4 aromatic rings. The molecule has 2 heterocycles. The van der Waals surface area contributed by atoms with E-state index in [2.05, 4.69) is 10.1 Å². The Balaban J connectivity index is 1.48. The molecule has 10 nitrogen and oxygen atoms in total. The van der Waals surface area contributed by atoms with Gasteiger partial charge in [0, 0.05) is 6.54 Å². The van der Waals surface area contributed by atoms with Crippen LogP contribution in [0.2, 0.25) is 0 Å². The number of hydrogen-bond acceptors (Lipinski definition) is 9. The molecule has 1 aliphatic heterocycles. The maximum Gasteiger partial charge on any atom is 0.338 e. The summed E-state index contributed by atoms with van der Waals surface area (Å²) in [6.07, 6.45) is -4.26. The van der Waals surface area contributed by atoms with Crippen molar-refractivity contribution in [3.63, 3.8) is 0 Å². The first-order valence-electron chi connectivity index (χ1n) is 13.3. The molecule has 0 N–H and O–H groups in total. The van der Waals surface area contributed by atoms with E-state index in [4.69, 9.17) is 18.9 Å². The molecule has 0 bridgehead atoms. The summed E-state index contributed by atoms with van der Waals surface area (Å²) in [4.78, 5) is 43.7. The third kappa shape index (κ3) is 6.33. The van der Waals surface area contributed by atoms with E-state index in [-0.39, 0.29) is 12.4 Å². The van der Waals surface area contributed by atoms with Crippen LogP contribution in [0.25, 0.3) is 0 Å². The second-order valence-corrected chi connectivity index (χ2v) is 9.36. The summed E-state index contributed by atoms with van der Waals surface area (Å²) in [5.41, 5.74) is 0.959. The predicted molar refractivity (Wildman–Crippen MR) is 146 cm³/mol. The lowest BCUT2D eigenvalue weighted by molar-refractivity contribution is -0.0454. The first-order valence-corrected chi connectivity index (χ1v) is 13.3. The Morgan fingerprint density at radius 1 is 0.756 bits per heavy atom. The van der Waals surface area contributed by atoms with Gasteiger partial charge in [-0.25, -0.2) is 19.4 Å². The second kappa shape index (κ2) is 12.6. The molecule has 210 valence electrons. The lowest BCUT2D eigenvalue weighted by Gasteiger charge is -2.24. The van der Waals surface area contributed by atoms with Crippen molar-refractivity contribution >= 4 is 17.9 Å². The van der Waals surface area contributed by atoms with Crippen molar-refractivity contribution in [2.75, 3.05) is 6.61 Å². The van der Waals surface area contributed by atoms with Crippen LogP contribution in [-0.2, 0) is 25.5 Å². The molecule has 1 aromatic heterocycles. The molecule has 1 fully saturated rings. The number of aryl methyl sites for hydroxylation is 2. The molecule has 0 spiro atoms. The predicted octanol–water partition coefficient (Wildman–Crippen LogP) is 4.35. The van der Waals surface area contributed by atoms with Crippen molar-refractivity contribution in [3.8, 4) is 0 Å². The van der Waals surface area contributed by atoms with Gasteiger partial charge in [0.2, 0.25) is 0 Å². The van der Waals surface area contributed by atoms with Gasteiger partial charge in [-0.1, -0.05) is 54.6 Å². The fraction of sp³-hybridized carbons (Fsp3) is 0.258. The number of aromatic nitrogens is 3. The Hall–Kier alpha value is -4.83. The molecule has 1 saturated heterocycles. The molecule has 5 rings (SSSR count). The largest absolute Gasteiger partial charge is 0.459 e. The molecule has 0 radical (unpaired) electrons. The highest BCUT2D eigenvalue weighted by Crippen LogP contribution is 2.37. The fourth-order valence-electron chi connectivity index (χ4n) is 4.55. The summed E-state index contributed by atoms with van der Waals surface area (Å²) >= 11 is 0. The van der Waals surface area contributed by atoms with Crippen molar-refractivity contribution in [1.82, 2.24) is 14.8 Å². The van der Waals surface area contributed by atoms with Crippen molar-refractivity contribution < 1.29 is 33.3 Å². The summed E-state index contributed by atoms with van der Waals surface area (Å²) in [5.74, 6) is -0.974. The molecule has 0 amide bonds. The Morgan fingerprint density at radius 2 is 1.24 bits per heavy atom. The molecule has 41 heavy (non-hydrogen) atoms. The maximum absolute atomic E-state index is 13.2. The lowest BCUT2D eigenvalue weighted by atomic mass is 10.1. The van der Waals surface area contributed by atoms with E-state index in [0.717, 1.165) is 0 Å². The molecule has 0 aliphatic carbocycles. The minimum Gasteiger partial charge on any atom is -0.459 e. The van der Waals surface area contributed by atoms with Crippen LogP contribution in [0.15, 0.2) is 91.0 Å². The Morgan fingerprint density at radius 3 is 1.73 bits per heavy atom. The van der Waals surface area contributed by atoms with Crippen molar-refractivity contribution in [2.45, 2.75) is 44.8 Å². The number of nitrogens with zero attached hydrogens (tertiary/aromatic N) is 3. The zero-order valence-corrected chi connectivity index (χ0v) is 22.6. The molecule has 0 unspecified atom stereocenters. The number of esters is 3. The summed E-state index contributed by atoms with van der Waals surface area (Å²) in [6, 6.07) is 25.3. The third-order valence-corrected chi connectivity index (χ3v) is 6.63. The highest BCUT2D eigenvalue weighted by molar-refractivity contribution is 5.91. The van der Waals surface area contributed by atoms with Gasteiger partial charge in [-0.15, -0.1) is 0 Å². The number of carbonyl (C=O) groups is 3. The Bertz CT molecular complexity index is 1490. The highest BCUT2D eigenvalue weighted by atomic mass is 16.6. The van der Waals surface area contributed by atoms with Crippen molar-refractivity contribution in [1.29, 1.82) is 0 Å². The molecule has 4 atom stereocenters. The van der Waals surface area contributed by atoms with Crippen LogP contribution in [-0.4, -0.2) is 57.6 Å². The van der Waals surface area contributed by atoms with E-state index in [9.17, 15) is 14.4 Å². The van der Waals surface area contributed by atoms with Gasteiger partial charge in [-0.3, -0.25) is 4.68 Å². The van der Waals surface area contributed by atoms with Gasteiger partial charge in [0.25, 0.3) is 0 Å². The van der Waals surface area contributed by atoms with Gasteiger partial charge < -0.3 is 18.9 Å². The first kappa shape index (κ1) is 27.7. The van der Waals surface area contributed by atoms with Gasteiger partial charge in [-0.05, 0) is 50.2 Å². The molecule has 0 saturated carbocycles. The summed E-state index contributed by atoms with van der Waals surface area (Å²) in [6.45, 7) is 4.00. The lowest BCUT2D eigenvalue weighted by Crippen LogP contribution is -2.41. The van der Waals surface area contributed by atoms with Crippen LogP contribution in [0.1, 0.15) is 55.8 Å². The van der Waals surface area contributed by atoms with Crippen molar-refractivity contribution in [2.24, 2.45) is 0 Å². The van der Waals surface area contributed by atoms with Crippen LogP contribution in [0.5, 0.6) is 0 Å². The van der Waals surface area contributed by atoms with Crippen LogP contribution < -0.4 is 0 Å². The van der Waals surface area contributed by atoms with Gasteiger partial charge >= 0.3 is 17.9 Å². The highest BCUT2D eigenvalue weighted by Gasteiger charge is 2.52. The van der Waals surface area contributed by atoms with Gasteiger partial charge in [-0.2, -0.15) is 5.10 Å². The average Bonchev–Trinajstić information content (AvgIpc) is 3.56. The molecule has 1 aliphatic rings. The molecule has 3 aromatic carbocycles. The third-order valence-electron chi connectivity index (χ3n) is 6.63. The first-order chi connectivity index (χ1) is 19.9. The quantitative estimate of drug-likeness (QED) is 0.219. The minimum absolute atomic E-state index is 0.257. The van der Waals surface area contributed by atoms with E-state index in [1.807, 2.05) is 6.92 Å². The molecular weight excluding hydrogens is 526 g/mol. The number of hydrogen-bond donors (Lipinski definition) is 0. The van der Waals surface area contributed by atoms with Gasteiger partial charge in [0.1, 0.15) is 18.5 Å². The smallest absolute Gasteiger partial charge is 0.338 e. The molecule has 10 heteroatoms. The summed E-state index contributed by atoms with van der Waals surface area (Å²) < 4.78 is 25.4. The van der Waals surface area contributed by atoms with E-state index in [1.165, 1.54) is 0 Å². The van der Waals surface area contributed by atoms with E-state index < -0.39 is 42.3 Å². The van der Waals surface area contributed by atoms with Crippen molar-refractivity contribution in [3.05, 3.63) is 119 Å². The second-order valence-electron chi connectivity index (χ2n) is 9.36. The number of ether oxygens (including phenoxy) is 4. The average molecular weight is 556 g/mol. The summed E-state index contributed by atoms with van der Waals surface area (Å²) in [5, 5.41) is 4.53. The van der Waals surface area contributed by atoms with Gasteiger partial charge in [0.15, 0.2) is 24.1 Å². The van der Waals surface area contributed by atoms with Crippen LogP contribution in [0, 0.1) is 6.92 Å². The molecular formula is C31H29N3O7. The zero-order chi connectivity index (χ0) is 28.8. The van der Waals surface area contributed by atoms with E-state index >= 15 is 0 Å². The van der Waals surface area contributed by atoms with Crippen LogP contribution in [0.3, 0.4) is 0 Å². The Kier molecular flexibility index (Phi) is 8.50. The topological polar surface area (TPSA) is 119 Å². The number of benzene rings is 3. The van der Waals surface area contributed by atoms with E-state index in [0.29, 0.717) is 29.1 Å². The standard InChI is InChI=1S/C31H29N3O7/c1-3-34-20(2)32-28(33-34)27-26(41-31(37)23-17-11-6-12-18-23)25(40-30(36)22-15-9-5-10-16-22)24(39-27)19-38-29(35)21-13-7-4-8-14-21/h4-18,24-27H,3,19H2,1-2H3/t24-,25-,26-,27-/m1/s1. The normalized spacial score (nSPS) is 19.9. The van der Waals surface area contributed by atoms with E-state index in [1.54, 1.807) is 103 Å². The van der Waals surface area contributed by atoms with Crippen LogP contribution >= 0.6 is 0 Å².